The van der Waals surface area contributed by atoms with E-state index in [9.17, 15) is 9.59 Å². The first-order valence-corrected chi connectivity index (χ1v) is 7.26. The first kappa shape index (κ1) is 15.9. The zero-order valence-electron chi connectivity index (χ0n) is 10.6. The van der Waals surface area contributed by atoms with Crippen LogP contribution in [0.3, 0.4) is 0 Å². The van der Waals surface area contributed by atoms with Crippen LogP contribution in [0.5, 0.6) is 0 Å². The van der Waals surface area contributed by atoms with Gasteiger partial charge in [0.05, 0.1) is 0 Å². The second kappa shape index (κ2) is 8.07. The summed E-state index contributed by atoms with van der Waals surface area (Å²) in [5, 5.41) is 11.8. The molecule has 0 saturated heterocycles. The number of carboxylic acids is 1. The van der Waals surface area contributed by atoms with Crippen molar-refractivity contribution < 1.29 is 14.7 Å². The van der Waals surface area contributed by atoms with E-state index in [2.05, 4.69) is 5.32 Å². The van der Waals surface area contributed by atoms with E-state index < -0.39 is 12.0 Å². The molecule has 1 atom stereocenters. The van der Waals surface area contributed by atoms with Crippen LogP contribution in [0.4, 0.5) is 0 Å². The van der Waals surface area contributed by atoms with Crippen molar-refractivity contribution in [3.63, 3.8) is 0 Å². The third-order valence-corrected chi connectivity index (χ3v) is 3.73. The fraction of sp³-hybridized carbons (Fsp3) is 0.385. The standard InChI is InChI=1S/C13H16ClNO3S/c1-9(13(17)18)15-12(16)3-2-8-19-11-6-4-10(14)5-7-11/h4-7,9H,2-3,8H2,1H3,(H,15,16)(H,17,18)/t9-/m1/s1. The summed E-state index contributed by atoms with van der Waals surface area (Å²) in [4.78, 5) is 23.1. The first-order valence-electron chi connectivity index (χ1n) is 5.89. The fourth-order valence-corrected chi connectivity index (χ4v) is 2.31. The molecule has 19 heavy (non-hydrogen) atoms. The lowest BCUT2D eigenvalue weighted by molar-refractivity contribution is -0.141. The summed E-state index contributed by atoms with van der Waals surface area (Å²) in [6.07, 6.45) is 1.03. The first-order chi connectivity index (χ1) is 8.99. The Bertz CT molecular complexity index is 436. The van der Waals surface area contributed by atoms with Crippen LogP contribution in [0.2, 0.25) is 5.02 Å². The van der Waals surface area contributed by atoms with Gasteiger partial charge in [0.2, 0.25) is 5.91 Å². The average Bonchev–Trinajstić information content (AvgIpc) is 2.36. The van der Waals surface area contributed by atoms with Crippen LogP contribution in [0.15, 0.2) is 29.2 Å². The van der Waals surface area contributed by atoms with Gasteiger partial charge in [-0.1, -0.05) is 11.6 Å². The second-order valence-electron chi connectivity index (χ2n) is 4.03. The monoisotopic (exact) mass is 301 g/mol. The number of benzene rings is 1. The molecule has 0 aliphatic rings. The Labute approximate surface area is 121 Å². The van der Waals surface area contributed by atoms with Crippen LogP contribution in [0.25, 0.3) is 0 Å². The number of thioether (sulfide) groups is 1. The summed E-state index contributed by atoms with van der Waals surface area (Å²) < 4.78 is 0. The fourth-order valence-electron chi connectivity index (χ4n) is 1.33. The van der Waals surface area contributed by atoms with E-state index in [1.165, 1.54) is 6.92 Å². The van der Waals surface area contributed by atoms with Gasteiger partial charge in [-0.05, 0) is 43.4 Å². The molecule has 0 fully saturated rings. The average molecular weight is 302 g/mol. The van der Waals surface area contributed by atoms with Gasteiger partial charge in [-0.25, -0.2) is 0 Å². The summed E-state index contributed by atoms with van der Waals surface area (Å²) >= 11 is 7.42. The molecule has 0 aliphatic heterocycles. The molecule has 0 spiro atoms. The van der Waals surface area contributed by atoms with Crippen LogP contribution >= 0.6 is 23.4 Å². The van der Waals surface area contributed by atoms with Gasteiger partial charge in [-0.15, -0.1) is 11.8 Å². The third kappa shape index (κ3) is 6.50. The lowest BCUT2D eigenvalue weighted by Gasteiger charge is -2.08. The van der Waals surface area contributed by atoms with E-state index in [4.69, 9.17) is 16.7 Å². The van der Waals surface area contributed by atoms with Crippen molar-refractivity contribution in [1.29, 1.82) is 0 Å². The van der Waals surface area contributed by atoms with Gasteiger partial charge < -0.3 is 10.4 Å². The van der Waals surface area contributed by atoms with Crippen molar-refractivity contribution >= 4 is 35.2 Å². The van der Waals surface area contributed by atoms with Crippen molar-refractivity contribution in [2.45, 2.75) is 30.7 Å². The van der Waals surface area contributed by atoms with Crippen LogP contribution in [-0.2, 0) is 9.59 Å². The topological polar surface area (TPSA) is 66.4 Å². The number of nitrogens with one attached hydrogen (secondary N) is 1. The lowest BCUT2D eigenvalue weighted by Crippen LogP contribution is -2.38. The molecule has 1 aromatic rings. The summed E-state index contributed by atoms with van der Waals surface area (Å²) in [5.41, 5.74) is 0. The smallest absolute Gasteiger partial charge is 0.325 e. The van der Waals surface area contributed by atoms with Gasteiger partial charge >= 0.3 is 5.97 Å². The molecule has 0 bridgehead atoms. The molecule has 0 aliphatic carbocycles. The number of carbonyl (C=O) groups is 2. The zero-order valence-corrected chi connectivity index (χ0v) is 12.1. The molecule has 0 saturated carbocycles. The number of hydrogen-bond acceptors (Lipinski definition) is 3. The number of carbonyl (C=O) groups excluding carboxylic acids is 1. The summed E-state index contributed by atoms with van der Waals surface area (Å²) in [5.74, 6) is -0.452. The molecule has 1 rings (SSSR count). The predicted octanol–water partition coefficient (Wildman–Crippen LogP) is 2.80. The summed E-state index contributed by atoms with van der Waals surface area (Å²) in [7, 11) is 0. The summed E-state index contributed by atoms with van der Waals surface area (Å²) in [6, 6.07) is 6.67. The van der Waals surface area contributed by atoms with Gasteiger partial charge in [0, 0.05) is 16.3 Å². The highest BCUT2D eigenvalue weighted by Crippen LogP contribution is 2.21. The Balaban J connectivity index is 2.18. The lowest BCUT2D eigenvalue weighted by atomic mass is 10.3. The molecule has 104 valence electrons. The number of rotatable bonds is 7. The van der Waals surface area contributed by atoms with Crippen molar-refractivity contribution in [2.24, 2.45) is 0 Å². The third-order valence-electron chi connectivity index (χ3n) is 2.38. The van der Waals surface area contributed by atoms with Crippen molar-refractivity contribution in [1.82, 2.24) is 5.32 Å². The maximum absolute atomic E-state index is 11.4. The molecule has 0 heterocycles. The van der Waals surface area contributed by atoms with E-state index in [0.717, 1.165) is 10.6 Å². The van der Waals surface area contributed by atoms with Crippen molar-refractivity contribution in [3.8, 4) is 0 Å². The highest BCUT2D eigenvalue weighted by atomic mass is 35.5. The minimum atomic E-state index is -1.02. The number of aliphatic carboxylic acids is 1. The molecule has 4 nitrogen and oxygen atoms in total. The second-order valence-corrected chi connectivity index (χ2v) is 5.64. The molecule has 1 aromatic carbocycles. The molecular weight excluding hydrogens is 286 g/mol. The van der Waals surface area contributed by atoms with E-state index in [0.29, 0.717) is 17.9 Å². The van der Waals surface area contributed by atoms with Crippen molar-refractivity contribution in [2.75, 3.05) is 5.75 Å². The molecule has 0 aromatic heterocycles. The van der Waals surface area contributed by atoms with E-state index in [1.807, 2.05) is 24.3 Å². The Hall–Kier alpha value is -1.20. The van der Waals surface area contributed by atoms with Crippen LogP contribution in [-0.4, -0.2) is 28.8 Å². The Morgan fingerprint density at radius 1 is 1.37 bits per heavy atom. The quantitative estimate of drug-likeness (QED) is 0.600. The number of carboxylic acid groups (broad SMARTS) is 1. The molecule has 2 N–H and O–H groups in total. The maximum atomic E-state index is 11.4. The minimum absolute atomic E-state index is 0.230. The normalized spacial score (nSPS) is 11.9. The Kier molecular flexibility index (Phi) is 6.73. The van der Waals surface area contributed by atoms with Crippen molar-refractivity contribution in [3.05, 3.63) is 29.3 Å². The Morgan fingerprint density at radius 2 is 2.00 bits per heavy atom. The number of halogens is 1. The van der Waals surface area contributed by atoms with E-state index in [1.54, 1.807) is 11.8 Å². The van der Waals surface area contributed by atoms with Gasteiger partial charge in [-0.3, -0.25) is 9.59 Å². The molecule has 6 heteroatoms. The van der Waals surface area contributed by atoms with Crippen LogP contribution < -0.4 is 5.32 Å². The van der Waals surface area contributed by atoms with Gasteiger partial charge in [-0.2, -0.15) is 0 Å². The van der Waals surface area contributed by atoms with Crippen LogP contribution in [0.1, 0.15) is 19.8 Å². The minimum Gasteiger partial charge on any atom is -0.480 e. The maximum Gasteiger partial charge on any atom is 0.325 e. The number of amides is 1. The largest absolute Gasteiger partial charge is 0.480 e. The predicted molar refractivity (Wildman–Crippen MR) is 76.7 cm³/mol. The van der Waals surface area contributed by atoms with Gasteiger partial charge in [0.25, 0.3) is 0 Å². The van der Waals surface area contributed by atoms with E-state index >= 15 is 0 Å². The van der Waals surface area contributed by atoms with E-state index in [-0.39, 0.29) is 5.91 Å². The molecule has 0 unspecified atom stereocenters. The highest BCUT2D eigenvalue weighted by molar-refractivity contribution is 7.99. The van der Waals surface area contributed by atoms with Gasteiger partial charge in [0.15, 0.2) is 0 Å². The van der Waals surface area contributed by atoms with Gasteiger partial charge in [0.1, 0.15) is 6.04 Å². The highest BCUT2D eigenvalue weighted by Gasteiger charge is 2.13. The molecular formula is C13H16ClNO3S. The summed E-state index contributed by atoms with van der Waals surface area (Å²) in [6.45, 7) is 1.45. The zero-order chi connectivity index (χ0) is 14.3. The van der Waals surface area contributed by atoms with Crippen LogP contribution in [0, 0.1) is 0 Å². The SMILES string of the molecule is C[C@@H](NC(=O)CCCSc1ccc(Cl)cc1)C(=O)O. The molecule has 0 radical (unpaired) electrons. The number of hydrogen-bond donors (Lipinski definition) is 2. The Morgan fingerprint density at radius 3 is 2.58 bits per heavy atom. The molecule has 1 amide bonds.